The second-order valence-electron chi connectivity index (χ2n) is 13.4. The molecule has 0 radical (unpaired) electrons. The van der Waals surface area contributed by atoms with Gasteiger partial charge in [-0.25, -0.2) is 9.97 Å². The summed E-state index contributed by atoms with van der Waals surface area (Å²) in [5, 5.41) is 5.07. The minimum atomic E-state index is 0.710. The zero-order valence-corrected chi connectivity index (χ0v) is 29.6. The van der Waals surface area contributed by atoms with Gasteiger partial charge in [0.1, 0.15) is 0 Å². The second kappa shape index (κ2) is 13.1. The van der Waals surface area contributed by atoms with Crippen molar-refractivity contribution in [2.75, 3.05) is 0 Å². The lowest BCUT2D eigenvalue weighted by Gasteiger charge is -2.14. The third kappa shape index (κ3) is 5.87. The first-order chi connectivity index (χ1) is 26.2. The van der Waals surface area contributed by atoms with Crippen LogP contribution in [0.25, 0.3) is 98.2 Å². The van der Waals surface area contributed by atoms with E-state index in [4.69, 9.17) is 9.97 Å². The summed E-state index contributed by atoms with van der Waals surface area (Å²) in [6.45, 7) is 0. The van der Waals surface area contributed by atoms with Crippen molar-refractivity contribution in [2.24, 2.45) is 0 Å². The lowest BCUT2D eigenvalue weighted by Crippen LogP contribution is -1.96. The van der Waals surface area contributed by atoms with Crippen molar-refractivity contribution in [3.05, 3.63) is 194 Å². The lowest BCUT2D eigenvalue weighted by molar-refractivity contribution is 1.18. The van der Waals surface area contributed by atoms with E-state index in [9.17, 15) is 0 Å². The molecule has 0 unspecified atom stereocenters. The lowest BCUT2D eigenvalue weighted by atomic mass is 9.92. The molecule has 0 N–H and O–H groups in total. The van der Waals surface area contributed by atoms with E-state index in [-0.39, 0.29) is 0 Å². The van der Waals surface area contributed by atoms with Gasteiger partial charge in [-0.1, -0.05) is 146 Å². The number of thiophene rings is 1. The first kappa shape index (κ1) is 31.1. The number of aromatic nitrogens is 2. The van der Waals surface area contributed by atoms with Crippen LogP contribution in [0.3, 0.4) is 0 Å². The number of rotatable bonds is 6. The monoisotopic (exact) mass is 692 g/mol. The summed E-state index contributed by atoms with van der Waals surface area (Å²) in [6.07, 6.45) is 0. The Balaban J connectivity index is 1.20. The van der Waals surface area contributed by atoms with Crippen molar-refractivity contribution in [3.63, 3.8) is 0 Å². The molecule has 2 aromatic heterocycles. The highest BCUT2D eigenvalue weighted by atomic mass is 32.1. The average molecular weight is 693 g/mol. The fourth-order valence-corrected chi connectivity index (χ4v) is 8.58. The molecular weight excluding hydrogens is 661 g/mol. The van der Waals surface area contributed by atoms with Crippen LogP contribution in [0.1, 0.15) is 0 Å². The molecule has 0 aliphatic carbocycles. The van der Waals surface area contributed by atoms with E-state index in [1.54, 1.807) is 0 Å². The van der Waals surface area contributed by atoms with E-state index < -0.39 is 0 Å². The first-order valence-corrected chi connectivity index (χ1v) is 18.7. The van der Waals surface area contributed by atoms with Gasteiger partial charge in [0.15, 0.2) is 5.82 Å². The maximum atomic E-state index is 5.23. The molecule has 0 amide bonds. The summed E-state index contributed by atoms with van der Waals surface area (Å²) in [6, 6.07) is 69.3. The van der Waals surface area contributed by atoms with Gasteiger partial charge in [-0.15, -0.1) is 11.3 Å². The van der Waals surface area contributed by atoms with E-state index in [0.717, 1.165) is 44.8 Å². The van der Waals surface area contributed by atoms with Crippen LogP contribution < -0.4 is 0 Å². The summed E-state index contributed by atoms with van der Waals surface area (Å²) >= 11 is 1.87. The maximum Gasteiger partial charge on any atom is 0.160 e. The number of hydrogen-bond donors (Lipinski definition) is 0. The van der Waals surface area contributed by atoms with Crippen LogP contribution in [0.15, 0.2) is 194 Å². The third-order valence-electron chi connectivity index (χ3n) is 10.0. The molecule has 0 saturated carbocycles. The molecule has 0 aliphatic rings. The SMILES string of the molecule is c1ccc(-c2cc(-c3cc(-c4ccccc4)nc(-c4ccccc4)n3)cc(-c3cccc4sc5cc6ccc(-c7ccccc7)cc6cc5c34)c2)cc1. The number of benzene rings is 8. The third-order valence-corrected chi connectivity index (χ3v) is 11.2. The smallest absolute Gasteiger partial charge is 0.160 e. The van der Waals surface area contributed by atoms with Gasteiger partial charge in [-0.2, -0.15) is 0 Å². The molecule has 0 spiro atoms. The van der Waals surface area contributed by atoms with Crippen LogP contribution >= 0.6 is 11.3 Å². The molecule has 248 valence electrons. The van der Waals surface area contributed by atoms with E-state index in [1.165, 1.54) is 47.6 Å². The van der Waals surface area contributed by atoms with Gasteiger partial charge in [0, 0.05) is 36.9 Å². The van der Waals surface area contributed by atoms with E-state index in [0.29, 0.717) is 5.82 Å². The topological polar surface area (TPSA) is 25.8 Å². The minimum absolute atomic E-state index is 0.710. The predicted molar refractivity (Wildman–Crippen MR) is 225 cm³/mol. The Bertz CT molecular complexity index is 2860. The van der Waals surface area contributed by atoms with Gasteiger partial charge in [0.05, 0.1) is 11.4 Å². The van der Waals surface area contributed by atoms with Crippen molar-refractivity contribution in [3.8, 4) is 67.3 Å². The molecule has 0 saturated heterocycles. The predicted octanol–water partition coefficient (Wildman–Crippen LogP) is 14.0. The highest BCUT2D eigenvalue weighted by molar-refractivity contribution is 7.26. The van der Waals surface area contributed by atoms with Crippen LogP contribution in [-0.4, -0.2) is 9.97 Å². The van der Waals surface area contributed by atoms with E-state index in [2.05, 4.69) is 170 Å². The number of hydrogen-bond acceptors (Lipinski definition) is 3. The van der Waals surface area contributed by atoms with E-state index in [1.807, 2.05) is 35.6 Å². The van der Waals surface area contributed by atoms with Crippen LogP contribution in [0.4, 0.5) is 0 Å². The maximum absolute atomic E-state index is 5.23. The molecule has 10 rings (SSSR count). The van der Waals surface area contributed by atoms with E-state index >= 15 is 0 Å². The molecule has 3 heteroatoms. The molecule has 0 aliphatic heterocycles. The molecule has 8 aromatic carbocycles. The summed E-state index contributed by atoms with van der Waals surface area (Å²) in [4.78, 5) is 10.3. The quantitative estimate of drug-likeness (QED) is 0.173. The first-order valence-electron chi connectivity index (χ1n) is 17.9. The van der Waals surface area contributed by atoms with Gasteiger partial charge in [-0.05, 0) is 92.7 Å². The Hall–Kier alpha value is -6.68. The Morgan fingerprint density at radius 3 is 1.60 bits per heavy atom. The molecule has 2 nitrogen and oxygen atoms in total. The molecule has 0 fully saturated rings. The molecule has 53 heavy (non-hydrogen) atoms. The zero-order chi connectivity index (χ0) is 35.1. The van der Waals surface area contributed by atoms with Crippen molar-refractivity contribution in [1.29, 1.82) is 0 Å². The Morgan fingerprint density at radius 1 is 0.321 bits per heavy atom. The summed E-state index contributed by atoms with van der Waals surface area (Å²) in [7, 11) is 0. The fraction of sp³-hybridized carbons (Fsp3) is 0. The van der Waals surface area contributed by atoms with Gasteiger partial charge < -0.3 is 0 Å². The number of fused-ring (bicyclic) bond motifs is 4. The van der Waals surface area contributed by atoms with Crippen molar-refractivity contribution >= 4 is 42.3 Å². The van der Waals surface area contributed by atoms with Crippen molar-refractivity contribution in [1.82, 2.24) is 9.97 Å². The summed E-state index contributed by atoms with van der Waals surface area (Å²) in [5.41, 5.74) is 12.0. The largest absolute Gasteiger partial charge is 0.228 e. The van der Waals surface area contributed by atoms with Crippen molar-refractivity contribution in [2.45, 2.75) is 0 Å². The van der Waals surface area contributed by atoms with Gasteiger partial charge in [0.2, 0.25) is 0 Å². The minimum Gasteiger partial charge on any atom is -0.228 e. The van der Waals surface area contributed by atoms with Gasteiger partial charge in [0.25, 0.3) is 0 Å². The normalized spacial score (nSPS) is 11.4. The number of nitrogens with zero attached hydrogens (tertiary/aromatic N) is 2. The van der Waals surface area contributed by atoms with Crippen molar-refractivity contribution < 1.29 is 0 Å². The standard InChI is InChI=1S/C50H32N2S/c1-5-14-33(15-6-1)37-24-25-38-31-48-44(30-40(38)26-37)49-43(22-13-23-47(49)53-48)41-27-39(34-16-7-2-8-17-34)28-42(29-41)46-32-45(35-18-9-3-10-19-35)51-50(52-46)36-20-11-4-12-21-36/h1-32H. The molecule has 0 bridgehead atoms. The Morgan fingerprint density at radius 2 is 0.906 bits per heavy atom. The van der Waals surface area contributed by atoms with Crippen LogP contribution in [0.2, 0.25) is 0 Å². The zero-order valence-electron chi connectivity index (χ0n) is 28.8. The highest BCUT2D eigenvalue weighted by Gasteiger charge is 2.17. The van der Waals surface area contributed by atoms with Crippen LogP contribution in [0.5, 0.6) is 0 Å². The van der Waals surface area contributed by atoms with Gasteiger partial charge >= 0.3 is 0 Å². The molecule has 2 heterocycles. The second-order valence-corrected chi connectivity index (χ2v) is 14.5. The fourth-order valence-electron chi connectivity index (χ4n) is 7.42. The van der Waals surface area contributed by atoms with Crippen LogP contribution in [0, 0.1) is 0 Å². The molecular formula is C50H32N2S. The Labute approximate surface area is 312 Å². The van der Waals surface area contributed by atoms with Crippen LogP contribution in [-0.2, 0) is 0 Å². The molecule has 0 atom stereocenters. The van der Waals surface area contributed by atoms with Gasteiger partial charge in [-0.3, -0.25) is 0 Å². The summed E-state index contributed by atoms with van der Waals surface area (Å²) in [5.74, 6) is 0.710. The Kier molecular flexibility index (Phi) is 7.71. The highest BCUT2D eigenvalue weighted by Crippen LogP contribution is 2.44. The molecule has 10 aromatic rings. The average Bonchev–Trinajstić information content (AvgIpc) is 3.61. The summed E-state index contributed by atoms with van der Waals surface area (Å²) < 4.78 is 2.57.